The van der Waals surface area contributed by atoms with Crippen molar-refractivity contribution in [1.82, 2.24) is 0 Å². The molecule has 0 fully saturated rings. The third kappa shape index (κ3) is 12.5. The van der Waals surface area contributed by atoms with Gasteiger partial charge in [0, 0.05) is 5.92 Å². The monoisotopic (exact) mass is 430 g/mol. The van der Waals surface area contributed by atoms with Crippen LogP contribution in [0.15, 0.2) is 60.7 Å². The van der Waals surface area contributed by atoms with Gasteiger partial charge in [-0.1, -0.05) is 43.3 Å². The average Bonchev–Trinajstić information content (AvgIpc) is 2.68. The first kappa shape index (κ1) is 27.1. The van der Waals surface area contributed by atoms with Gasteiger partial charge < -0.3 is 20.4 Å². The van der Waals surface area contributed by atoms with Crippen LogP contribution in [-0.2, 0) is 0 Å². The van der Waals surface area contributed by atoms with Gasteiger partial charge in [0.05, 0.1) is 29.8 Å². The summed E-state index contributed by atoms with van der Waals surface area (Å²) in [6.07, 6.45) is -8.09. The second-order valence-electron chi connectivity index (χ2n) is 6.33. The van der Waals surface area contributed by atoms with E-state index in [4.69, 9.17) is 20.4 Å². The van der Waals surface area contributed by atoms with Crippen LogP contribution >= 0.6 is 0 Å². The molecule has 3 unspecified atom stereocenters. The van der Waals surface area contributed by atoms with Crippen molar-refractivity contribution in [3.05, 3.63) is 71.8 Å². The highest BCUT2D eigenvalue weighted by molar-refractivity contribution is 5.87. The van der Waals surface area contributed by atoms with E-state index in [0.29, 0.717) is 11.1 Å². The summed E-state index contributed by atoms with van der Waals surface area (Å²) < 4.78 is 35.1. The maximum absolute atomic E-state index is 11.7. The molecule has 0 saturated carbocycles. The van der Waals surface area contributed by atoms with Crippen molar-refractivity contribution in [2.75, 3.05) is 0 Å². The molecule has 2 rings (SSSR count). The Morgan fingerprint density at radius 3 is 1.33 bits per heavy atom. The van der Waals surface area contributed by atoms with Crippen LogP contribution in [0.2, 0.25) is 0 Å². The summed E-state index contributed by atoms with van der Waals surface area (Å²) in [5.74, 6) is -2.52. The topological polar surface area (TPSA) is 115 Å². The molecule has 0 radical (unpaired) electrons. The van der Waals surface area contributed by atoms with Crippen LogP contribution in [0.4, 0.5) is 13.2 Å². The zero-order chi connectivity index (χ0) is 23.3. The minimum atomic E-state index is -4.37. The van der Waals surface area contributed by atoms with Crippen LogP contribution in [0.3, 0.4) is 0 Å². The van der Waals surface area contributed by atoms with Crippen molar-refractivity contribution in [1.29, 1.82) is 0 Å². The number of hydrogen-bond acceptors (Lipinski definition) is 4. The van der Waals surface area contributed by atoms with Crippen LogP contribution < -0.4 is 0 Å². The molecule has 3 atom stereocenters. The van der Waals surface area contributed by atoms with Crippen molar-refractivity contribution in [3.63, 3.8) is 0 Å². The number of hydrogen-bond donors (Lipinski definition) is 4. The molecular formula is C21H25F3O6. The number of aromatic carboxylic acids is 2. The first-order valence-electron chi connectivity index (χ1n) is 8.84. The number of rotatable bonds is 5. The predicted octanol–water partition coefficient (Wildman–Crippen LogP) is 4.09. The molecule has 0 bridgehead atoms. The third-order valence-corrected chi connectivity index (χ3v) is 3.85. The lowest BCUT2D eigenvalue weighted by atomic mass is 9.97. The smallest absolute Gasteiger partial charge is 0.391 e. The molecule has 30 heavy (non-hydrogen) atoms. The van der Waals surface area contributed by atoms with E-state index in [0.717, 1.165) is 0 Å². The molecule has 2 aromatic carbocycles. The van der Waals surface area contributed by atoms with Crippen LogP contribution in [-0.4, -0.2) is 50.7 Å². The minimum absolute atomic E-state index is 0.331. The molecule has 0 aliphatic carbocycles. The Kier molecular flexibility index (Phi) is 12.0. The second kappa shape index (κ2) is 13.3. The quantitative estimate of drug-likeness (QED) is 0.568. The highest BCUT2D eigenvalue weighted by Gasteiger charge is 2.34. The Morgan fingerprint density at radius 2 is 1.13 bits per heavy atom. The van der Waals surface area contributed by atoms with E-state index < -0.39 is 42.7 Å². The molecule has 166 valence electrons. The van der Waals surface area contributed by atoms with Crippen molar-refractivity contribution < 1.29 is 43.2 Å². The van der Waals surface area contributed by atoms with Gasteiger partial charge in [-0.25, -0.2) is 9.59 Å². The van der Waals surface area contributed by atoms with Gasteiger partial charge in [0.25, 0.3) is 0 Å². The SMILES string of the molecule is CC(O)C(C)C(O)CC(F)(F)F.O=C(O)c1ccccc1.O=C(O)c1ccccc1. The molecule has 9 heteroatoms. The number of carboxylic acid groups (broad SMARTS) is 2. The maximum atomic E-state index is 11.7. The second-order valence-corrected chi connectivity index (χ2v) is 6.33. The first-order valence-corrected chi connectivity index (χ1v) is 8.84. The number of carboxylic acids is 2. The fourth-order valence-electron chi connectivity index (χ4n) is 1.91. The standard InChI is InChI=1S/C7H13F3O2.2C7H6O2/c1-4(5(2)11)6(12)3-7(8,9)10;2*8-7(9)6-4-2-1-3-5-6/h4-6,11-12H,3H2,1-2H3;2*1-5H,(H,8,9). The molecule has 0 aliphatic heterocycles. The summed E-state index contributed by atoms with van der Waals surface area (Å²) in [5.41, 5.74) is 0.662. The highest BCUT2D eigenvalue weighted by atomic mass is 19.4. The molecule has 0 heterocycles. The van der Waals surface area contributed by atoms with E-state index in [1.54, 1.807) is 60.7 Å². The third-order valence-electron chi connectivity index (χ3n) is 3.85. The van der Waals surface area contributed by atoms with Gasteiger partial charge in [0.15, 0.2) is 0 Å². The average molecular weight is 430 g/mol. The van der Waals surface area contributed by atoms with E-state index in [2.05, 4.69) is 0 Å². The summed E-state index contributed by atoms with van der Waals surface area (Å²) in [6, 6.07) is 16.6. The van der Waals surface area contributed by atoms with Crippen molar-refractivity contribution in [2.24, 2.45) is 5.92 Å². The number of aliphatic hydroxyl groups is 2. The van der Waals surface area contributed by atoms with Gasteiger partial charge in [-0.15, -0.1) is 0 Å². The van der Waals surface area contributed by atoms with Crippen LogP contribution in [0.25, 0.3) is 0 Å². The largest absolute Gasteiger partial charge is 0.478 e. The zero-order valence-corrected chi connectivity index (χ0v) is 16.5. The number of carbonyl (C=O) groups is 2. The lowest BCUT2D eigenvalue weighted by Gasteiger charge is -2.22. The molecule has 6 nitrogen and oxygen atoms in total. The van der Waals surface area contributed by atoms with Crippen molar-refractivity contribution >= 4 is 11.9 Å². The van der Waals surface area contributed by atoms with E-state index >= 15 is 0 Å². The van der Waals surface area contributed by atoms with Crippen LogP contribution in [0.5, 0.6) is 0 Å². The Balaban J connectivity index is 0.000000426. The zero-order valence-electron chi connectivity index (χ0n) is 16.5. The number of aliphatic hydroxyl groups excluding tert-OH is 2. The Morgan fingerprint density at radius 1 is 0.800 bits per heavy atom. The predicted molar refractivity (Wildman–Crippen MR) is 104 cm³/mol. The van der Waals surface area contributed by atoms with Crippen molar-refractivity contribution in [3.8, 4) is 0 Å². The molecular weight excluding hydrogens is 405 g/mol. The molecule has 0 amide bonds. The summed E-state index contributed by atoms with van der Waals surface area (Å²) >= 11 is 0. The Bertz CT molecular complexity index is 699. The first-order chi connectivity index (χ1) is 13.8. The molecule has 2 aromatic rings. The molecule has 0 aromatic heterocycles. The van der Waals surface area contributed by atoms with E-state index in [9.17, 15) is 22.8 Å². The van der Waals surface area contributed by atoms with Gasteiger partial charge in [0.1, 0.15) is 0 Å². The Hall–Kier alpha value is -2.91. The number of alkyl halides is 3. The highest BCUT2D eigenvalue weighted by Crippen LogP contribution is 2.25. The molecule has 0 saturated heterocycles. The van der Waals surface area contributed by atoms with Gasteiger partial charge in [-0.05, 0) is 31.2 Å². The van der Waals surface area contributed by atoms with Gasteiger partial charge in [-0.2, -0.15) is 13.2 Å². The summed E-state index contributed by atoms with van der Waals surface area (Å²) in [4.78, 5) is 20.4. The summed E-state index contributed by atoms with van der Waals surface area (Å²) in [7, 11) is 0. The van der Waals surface area contributed by atoms with Crippen LogP contribution in [0, 0.1) is 5.92 Å². The molecule has 0 aliphatic rings. The fraction of sp³-hybridized carbons (Fsp3) is 0.333. The van der Waals surface area contributed by atoms with E-state index in [1.807, 2.05) is 0 Å². The maximum Gasteiger partial charge on any atom is 0.391 e. The van der Waals surface area contributed by atoms with Crippen LogP contribution in [0.1, 0.15) is 41.0 Å². The normalized spacial score (nSPS) is 13.4. The van der Waals surface area contributed by atoms with Gasteiger partial charge in [-0.3, -0.25) is 0 Å². The number of benzene rings is 2. The Labute approximate surface area is 172 Å². The van der Waals surface area contributed by atoms with Gasteiger partial charge >= 0.3 is 18.1 Å². The summed E-state index contributed by atoms with van der Waals surface area (Å²) in [6.45, 7) is 2.73. The summed E-state index contributed by atoms with van der Waals surface area (Å²) in [5, 5.41) is 34.6. The lowest BCUT2D eigenvalue weighted by Crippen LogP contribution is -2.31. The van der Waals surface area contributed by atoms with E-state index in [1.165, 1.54) is 13.8 Å². The van der Waals surface area contributed by atoms with Gasteiger partial charge in [0.2, 0.25) is 0 Å². The van der Waals surface area contributed by atoms with E-state index in [-0.39, 0.29) is 0 Å². The number of halogens is 3. The van der Waals surface area contributed by atoms with Crippen molar-refractivity contribution in [2.45, 2.75) is 38.7 Å². The minimum Gasteiger partial charge on any atom is -0.478 e. The molecule has 0 spiro atoms. The molecule has 4 N–H and O–H groups in total. The lowest BCUT2D eigenvalue weighted by molar-refractivity contribution is -0.162. The fourth-order valence-corrected chi connectivity index (χ4v) is 1.91.